The van der Waals surface area contributed by atoms with E-state index >= 15 is 0 Å². The maximum atomic E-state index is 5.01. The fraction of sp³-hybridized carbons (Fsp3) is 0.0909. The zero-order valence-corrected chi connectivity index (χ0v) is 75.4. The summed E-state index contributed by atoms with van der Waals surface area (Å²) in [4.78, 5) is 19.4. The summed E-state index contributed by atoms with van der Waals surface area (Å²) in [5.74, 6) is 0. The van der Waals surface area contributed by atoms with Gasteiger partial charge in [-0.3, -0.25) is 19.9 Å². The Labute approximate surface area is 717 Å². The predicted molar refractivity (Wildman–Crippen MR) is 462 cm³/mol. The quantitative estimate of drug-likeness (QED) is 0.0978. The average Bonchev–Trinajstić information content (AvgIpc) is 1.44. The van der Waals surface area contributed by atoms with E-state index in [4.69, 9.17) is 19.9 Å². The maximum Gasteiger partial charge on any atom is 0.174 e. The van der Waals surface area contributed by atoms with Crippen molar-refractivity contribution in [3.8, 4) is 11.1 Å². The maximum absolute atomic E-state index is 5.01. The topological polar surface area (TPSA) is 69.2 Å². The van der Waals surface area contributed by atoms with E-state index in [1.807, 2.05) is 30.5 Å². The van der Waals surface area contributed by atoms with Crippen molar-refractivity contribution in [1.82, 2.24) is 37.5 Å². The molecule has 4 aliphatic rings. The van der Waals surface area contributed by atoms with Crippen LogP contribution in [0, 0.1) is 38.1 Å². The van der Waals surface area contributed by atoms with Crippen molar-refractivity contribution >= 4 is 170 Å². The molecule has 114 heavy (non-hydrogen) atoms. The monoisotopic (exact) mass is 2230 g/mol. The molecule has 13 aromatic carbocycles. The van der Waals surface area contributed by atoms with Crippen LogP contribution in [0.1, 0.15) is 39.3 Å². The van der Waals surface area contributed by atoms with Crippen LogP contribution in [0.4, 0.5) is 0 Å². The Balaban J connectivity index is 0.000000105. The van der Waals surface area contributed by atoms with Crippen molar-refractivity contribution < 1.29 is 80.4 Å². The summed E-state index contributed by atoms with van der Waals surface area (Å²) in [5.41, 5.74) is 21.6. The van der Waals surface area contributed by atoms with E-state index in [1.54, 1.807) is 5.19 Å². The van der Waals surface area contributed by atoms with Gasteiger partial charge in [-0.25, -0.2) is 0 Å². The van der Waals surface area contributed by atoms with Gasteiger partial charge < -0.3 is 17.6 Å². The van der Waals surface area contributed by atoms with Crippen LogP contribution in [0.2, 0.25) is 13.1 Å². The van der Waals surface area contributed by atoms with E-state index in [0.29, 0.717) is 0 Å². The van der Waals surface area contributed by atoms with Gasteiger partial charge >= 0.3 is 0 Å². The molecular formula is C99H72Ir4N8Si3-4. The molecule has 0 bridgehead atoms. The number of aryl methyl sites for hydroxylation is 4. The second kappa shape index (κ2) is 29.3. The predicted octanol–water partition coefficient (Wildman–Crippen LogP) is 17.3. The second-order valence-electron chi connectivity index (χ2n) is 31.1. The Morgan fingerprint density at radius 1 is 0.307 bits per heavy atom. The molecule has 0 atom stereocenters. The molecule has 8 nitrogen and oxygen atoms in total. The first-order valence-corrected chi connectivity index (χ1v) is 46.0. The van der Waals surface area contributed by atoms with Gasteiger partial charge in [-0.15, -0.1) is 119 Å². The third kappa shape index (κ3) is 11.2. The molecule has 15 heteroatoms. The number of pyridine rings is 4. The van der Waals surface area contributed by atoms with Crippen LogP contribution in [0.25, 0.3) is 120 Å². The van der Waals surface area contributed by atoms with Gasteiger partial charge in [0.05, 0.1) is 30.7 Å². The van der Waals surface area contributed by atoms with Gasteiger partial charge in [0, 0.05) is 150 Å². The van der Waals surface area contributed by atoms with Gasteiger partial charge in [0.25, 0.3) is 0 Å². The Kier molecular flexibility index (Phi) is 19.4. The van der Waals surface area contributed by atoms with E-state index < -0.39 is 24.2 Å². The molecule has 0 saturated carbocycles. The minimum atomic E-state index is -2.31. The van der Waals surface area contributed by atoms with E-state index in [1.165, 1.54) is 153 Å². The molecule has 0 aliphatic carbocycles. The molecule has 0 fully saturated rings. The molecule has 0 amide bonds. The van der Waals surface area contributed by atoms with E-state index in [0.717, 1.165) is 69.1 Å². The molecule has 4 aliphatic heterocycles. The Bertz CT molecular complexity index is 7310. The number of para-hydroxylation sites is 3. The zero-order valence-electron chi connectivity index (χ0n) is 62.8. The molecule has 0 unspecified atom stereocenters. The van der Waals surface area contributed by atoms with Crippen LogP contribution in [-0.4, -0.2) is 61.8 Å². The van der Waals surface area contributed by atoms with Crippen LogP contribution >= 0.6 is 0 Å². The Morgan fingerprint density at radius 3 is 1.20 bits per heavy atom. The summed E-state index contributed by atoms with van der Waals surface area (Å²) >= 11 is 0. The van der Waals surface area contributed by atoms with Crippen molar-refractivity contribution in [3.63, 3.8) is 0 Å². The van der Waals surface area contributed by atoms with Gasteiger partial charge in [-0.05, 0) is 137 Å². The first-order chi connectivity index (χ1) is 54.1. The number of hydrogen-bond acceptors (Lipinski definition) is 4. The fourth-order valence-electron chi connectivity index (χ4n) is 20.0. The number of fused-ring (bicyclic) bond motifs is 12. The fourth-order valence-corrected chi connectivity index (χ4v) is 32.4. The van der Waals surface area contributed by atoms with E-state index in [2.05, 4.69) is 342 Å². The van der Waals surface area contributed by atoms with Crippen molar-refractivity contribution in [2.75, 3.05) is 0 Å². The van der Waals surface area contributed by atoms with Crippen LogP contribution < -0.4 is 36.4 Å². The summed E-state index contributed by atoms with van der Waals surface area (Å²) in [6, 6.07) is 118. The van der Waals surface area contributed by atoms with Crippen molar-refractivity contribution in [1.29, 1.82) is 0 Å². The van der Waals surface area contributed by atoms with Gasteiger partial charge in [-0.2, -0.15) is 0 Å². The number of aromatic nitrogens is 8. The third-order valence-corrected chi connectivity index (χ3v) is 37.4. The van der Waals surface area contributed by atoms with Crippen LogP contribution in [0.3, 0.4) is 0 Å². The zero-order chi connectivity index (χ0) is 73.1. The molecule has 0 N–H and O–H groups in total. The SMILES string of the molecule is C[Si]1(C)Cc2cnc3c4[c-]cccc4c4cccc1c4n23.Cc1cccc(C)c1-c1cc2c3c(c1)c1ccc[c-]c1c1ncc(n13)CC2.[Ir].[Ir].[Ir].[Ir].[c-]1cccc2c1c1ncc3n1c1c(cccc21)C[Si]3(c1ccccc1)c1ccccc1.[c-]1cccc2c1c1ncc3n1c1c(cccc21)[Si](c1ccccc1)(c1ccccc1)C3. The molecule has 21 aromatic rings. The van der Waals surface area contributed by atoms with Gasteiger partial charge in [0.15, 0.2) is 16.1 Å². The number of nitrogens with zero attached hydrogens (tertiary/aromatic N) is 8. The molecular weight excluding hydrogens is 2150 g/mol. The van der Waals surface area contributed by atoms with Crippen molar-refractivity contribution in [2.24, 2.45) is 0 Å². The molecule has 4 radical (unpaired) electrons. The normalized spacial score (nSPS) is 14.1. The number of imidazole rings is 4. The molecule has 0 spiro atoms. The second-order valence-corrected chi connectivity index (χ2v) is 43.4. The van der Waals surface area contributed by atoms with Gasteiger partial charge in [0.2, 0.25) is 0 Å². The largest absolute Gasteiger partial charge is 0.340 e. The summed E-state index contributed by atoms with van der Waals surface area (Å²) < 4.78 is 9.60. The minimum absolute atomic E-state index is 0. The molecule has 560 valence electrons. The molecule has 0 saturated heterocycles. The van der Waals surface area contributed by atoms with Crippen molar-refractivity contribution in [3.05, 3.63) is 367 Å². The van der Waals surface area contributed by atoms with Crippen LogP contribution in [-0.2, 0) is 111 Å². The summed E-state index contributed by atoms with van der Waals surface area (Å²) in [6.45, 7) is 9.35. The average molecular weight is 2230 g/mol. The summed E-state index contributed by atoms with van der Waals surface area (Å²) in [6.07, 6.45) is 10.5. The Hall–Kier alpha value is -10.1. The van der Waals surface area contributed by atoms with E-state index in [9.17, 15) is 0 Å². The molecule has 12 heterocycles. The first kappa shape index (κ1) is 75.3. The first-order valence-electron chi connectivity index (χ1n) is 38.3. The molecule has 8 aromatic heterocycles. The summed E-state index contributed by atoms with van der Waals surface area (Å²) in [7, 11) is -6.03. The minimum Gasteiger partial charge on any atom is -0.340 e. The smallest absolute Gasteiger partial charge is 0.174 e. The number of hydrogen-bond donors (Lipinski definition) is 0. The number of rotatable bonds is 5. The Morgan fingerprint density at radius 2 is 0.693 bits per heavy atom. The van der Waals surface area contributed by atoms with E-state index in [-0.39, 0.29) is 80.4 Å². The van der Waals surface area contributed by atoms with Crippen LogP contribution in [0.15, 0.2) is 304 Å². The molecule has 25 rings (SSSR count). The van der Waals surface area contributed by atoms with Crippen LogP contribution in [0.5, 0.6) is 0 Å². The third-order valence-electron chi connectivity index (χ3n) is 24.7. The number of benzene rings is 13. The standard InChI is InChI=1S/2C28H19N2Si.C25H19N2.C18H15N2Si.4Ir/c1-3-11-21(12-4-1)31(22-13-5-2-6-14-22)19-20-10-9-17-24-23-15-7-8-16-25(23)28-29-18-26(31)30(28)27(20)24;1-3-10-21(11-4-1)31(22-12-5-2-6-13-22)19-20-18-29-28-25-15-8-7-14-23(25)24-16-9-17-26(31)27(24)30(20)28;1-15-6-5-7-16(2)23(15)18-12-17-10-11-19-14-26-25-21-9-4-3-8-20(21)22(13-18)24(17)27(19)25;1-21(2)11-12-10-19-18-15-7-4-3-6-13(15)14-8-5-9-16(21)17(14)20(12)18;;;;/h1-15,17-18H,19H2;1-14,16-18H,19H2;3-8,12-14H,10-11H2,1-2H3;3-6,8-10H,11H2,1-2H3;;;;/q4*-1;;;;. The summed E-state index contributed by atoms with van der Waals surface area (Å²) in [5, 5.41) is 24.8. The van der Waals surface area contributed by atoms with Gasteiger partial charge in [0.1, 0.15) is 0 Å². The van der Waals surface area contributed by atoms with Crippen molar-refractivity contribution in [2.45, 2.75) is 57.9 Å². The van der Waals surface area contributed by atoms with Gasteiger partial charge in [-0.1, -0.05) is 235 Å².